The van der Waals surface area contributed by atoms with Gasteiger partial charge in [-0.05, 0) is 42.4 Å². The molecule has 1 heterocycles. The molecule has 0 atom stereocenters. The van der Waals surface area contributed by atoms with E-state index in [1.807, 2.05) is 28.8 Å². The Morgan fingerprint density at radius 2 is 1.74 bits per heavy atom. The maximum absolute atomic E-state index is 13.0. The number of carbonyl (C=O) groups is 1. The van der Waals surface area contributed by atoms with Gasteiger partial charge in [-0.3, -0.25) is 10.5 Å². The summed E-state index contributed by atoms with van der Waals surface area (Å²) in [5, 5.41) is 18.9. The van der Waals surface area contributed by atoms with Gasteiger partial charge >= 0.3 is 5.95 Å². The van der Waals surface area contributed by atoms with Crippen LogP contribution in [0.4, 0.5) is 5.95 Å². The Labute approximate surface area is 193 Å². The topological polar surface area (TPSA) is 95.6 Å². The van der Waals surface area contributed by atoms with Gasteiger partial charge in [0.15, 0.2) is 5.78 Å². The van der Waals surface area contributed by atoms with Gasteiger partial charge in [0.2, 0.25) is 0 Å². The zero-order chi connectivity index (χ0) is 21.7. The van der Waals surface area contributed by atoms with Crippen molar-refractivity contribution in [1.82, 2.24) is 9.47 Å². The molecular formula is C23H31BrN4O3. The van der Waals surface area contributed by atoms with Gasteiger partial charge in [0.25, 0.3) is 0 Å². The molecule has 8 heteroatoms. The highest BCUT2D eigenvalue weighted by molar-refractivity contribution is 5.95. The van der Waals surface area contributed by atoms with Gasteiger partial charge in [-0.25, -0.2) is 9.13 Å². The van der Waals surface area contributed by atoms with Crippen LogP contribution in [-0.4, -0.2) is 45.1 Å². The van der Waals surface area contributed by atoms with Gasteiger partial charge in [0.05, 0.1) is 19.8 Å². The number of nitrogen functional groups attached to an aromatic ring is 1. The number of benzene rings is 2. The molecule has 4 N–H and O–H groups in total. The summed E-state index contributed by atoms with van der Waals surface area (Å²) in [5.41, 5.74) is 10.1. The van der Waals surface area contributed by atoms with E-state index < -0.39 is 0 Å². The molecule has 0 aliphatic rings. The van der Waals surface area contributed by atoms with E-state index in [1.54, 1.807) is 18.2 Å². The molecule has 1 aromatic heterocycles. The third kappa shape index (κ3) is 5.33. The predicted molar refractivity (Wildman–Crippen MR) is 117 cm³/mol. The van der Waals surface area contributed by atoms with Crippen LogP contribution in [0.1, 0.15) is 35.3 Å². The van der Waals surface area contributed by atoms with Crippen molar-refractivity contribution in [2.24, 2.45) is 0 Å². The Bertz CT molecular complexity index is 1030. The molecule has 0 bridgehead atoms. The first-order valence-corrected chi connectivity index (χ1v) is 10.4. The summed E-state index contributed by atoms with van der Waals surface area (Å²) in [6.07, 6.45) is 0. The SMILES string of the molecule is CCN(CC)CCn1c(N)[n+](CC(=O)c2ccc(CO)c(CO)c2)c2ccccc21.[Br-]. The number of ketones is 1. The van der Waals surface area contributed by atoms with Crippen molar-refractivity contribution in [3.05, 3.63) is 59.2 Å². The lowest BCUT2D eigenvalue weighted by Gasteiger charge is -2.17. The van der Waals surface area contributed by atoms with E-state index in [0.717, 1.165) is 37.2 Å². The van der Waals surface area contributed by atoms with Gasteiger partial charge in [-0.2, -0.15) is 0 Å². The smallest absolute Gasteiger partial charge is 0.356 e. The number of halogens is 1. The lowest BCUT2D eigenvalue weighted by molar-refractivity contribution is -0.642. The molecule has 0 radical (unpaired) electrons. The van der Waals surface area contributed by atoms with Crippen LogP contribution >= 0.6 is 0 Å². The van der Waals surface area contributed by atoms with E-state index in [1.165, 1.54) is 0 Å². The second-order valence-corrected chi connectivity index (χ2v) is 7.33. The maximum atomic E-state index is 13.0. The summed E-state index contributed by atoms with van der Waals surface area (Å²) in [5.74, 6) is 0.448. The fraction of sp³-hybridized carbons (Fsp3) is 0.391. The normalized spacial score (nSPS) is 11.1. The van der Waals surface area contributed by atoms with Crippen LogP contribution in [0.3, 0.4) is 0 Å². The van der Waals surface area contributed by atoms with E-state index >= 15 is 0 Å². The molecule has 7 nitrogen and oxygen atoms in total. The van der Waals surface area contributed by atoms with Gasteiger partial charge in [0.1, 0.15) is 17.6 Å². The Hall–Kier alpha value is -2.26. The number of hydrogen-bond donors (Lipinski definition) is 3. The second-order valence-electron chi connectivity index (χ2n) is 7.33. The first kappa shape index (κ1) is 25.0. The Morgan fingerprint density at radius 3 is 2.39 bits per heavy atom. The third-order valence-electron chi connectivity index (χ3n) is 5.72. The van der Waals surface area contributed by atoms with Crippen molar-refractivity contribution in [2.75, 3.05) is 25.4 Å². The number of hydrogen-bond acceptors (Lipinski definition) is 5. The van der Waals surface area contributed by atoms with Crippen molar-refractivity contribution in [3.63, 3.8) is 0 Å². The molecule has 2 aromatic carbocycles. The quantitative estimate of drug-likeness (QED) is 0.243. The number of nitrogens with two attached hydrogens (primary N) is 1. The summed E-state index contributed by atoms with van der Waals surface area (Å²) in [6.45, 7) is 7.57. The summed E-state index contributed by atoms with van der Waals surface area (Å²) >= 11 is 0. The summed E-state index contributed by atoms with van der Waals surface area (Å²) in [6, 6.07) is 12.9. The number of rotatable bonds is 10. The van der Waals surface area contributed by atoms with E-state index in [4.69, 9.17) is 5.73 Å². The minimum atomic E-state index is -0.225. The van der Waals surface area contributed by atoms with Crippen LogP contribution in [0.5, 0.6) is 0 Å². The van der Waals surface area contributed by atoms with Gasteiger partial charge in [0, 0.05) is 12.1 Å². The number of aliphatic hydroxyl groups excluding tert-OH is 2. The molecule has 0 unspecified atom stereocenters. The lowest BCUT2D eigenvalue weighted by atomic mass is 10.0. The highest BCUT2D eigenvalue weighted by atomic mass is 79.9. The average molecular weight is 491 g/mol. The van der Waals surface area contributed by atoms with Gasteiger partial charge < -0.3 is 32.1 Å². The lowest BCUT2D eigenvalue weighted by Crippen LogP contribution is -3.00. The monoisotopic (exact) mass is 490 g/mol. The van der Waals surface area contributed by atoms with Gasteiger partial charge in [-0.15, -0.1) is 0 Å². The number of likely N-dealkylation sites (N-methyl/N-ethyl adjacent to an activating group) is 1. The Kier molecular flexibility index (Phi) is 9.18. The molecule has 0 saturated carbocycles. The second kappa shape index (κ2) is 11.4. The van der Waals surface area contributed by atoms with E-state index in [-0.39, 0.29) is 42.5 Å². The zero-order valence-corrected chi connectivity index (χ0v) is 19.7. The molecule has 3 aromatic rings. The van der Waals surface area contributed by atoms with Crippen molar-refractivity contribution in [2.45, 2.75) is 40.2 Å². The first-order chi connectivity index (χ1) is 14.5. The molecule has 0 amide bonds. The Morgan fingerprint density at radius 1 is 1.06 bits per heavy atom. The van der Waals surface area contributed by atoms with Crippen LogP contribution in [-0.2, 0) is 26.3 Å². The molecule has 0 fully saturated rings. The molecule has 3 rings (SSSR count). The molecule has 0 saturated heterocycles. The van der Waals surface area contributed by atoms with Crippen molar-refractivity contribution in [3.8, 4) is 0 Å². The minimum Gasteiger partial charge on any atom is -1.00 e. The van der Waals surface area contributed by atoms with E-state index in [2.05, 4.69) is 23.3 Å². The van der Waals surface area contributed by atoms with Crippen molar-refractivity contribution in [1.29, 1.82) is 0 Å². The van der Waals surface area contributed by atoms with Crippen LogP contribution in [0.15, 0.2) is 42.5 Å². The summed E-state index contributed by atoms with van der Waals surface area (Å²) in [4.78, 5) is 15.3. The average Bonchev–Trinajstić information content (AvgIpc) is 3.05. The van der Waals surface area contributed by atoms with Crippen LogP contribution in [0.25, 0.3) is 11.0 Å². The fourth-order valence-electron chi connectivity index (χ4n) is 3.83. The molecule has 31 heavy (non-hydrogen) atoms. The largest absolute Gasteiger partial charge is 1.00 e. The number of carbonyl (C=O) groups excluding carboxylic acids is 1. The summed E-state index contributed by atoms with van der Waals surface area (Å²) in [7, 11) is 0. The van der Waals surface area contributed by atoms with E-state index in [9.17, 15) is 15.0 Å². The number of fused-ring (bicyclic) bond motifs is 1. The standard InChI is InChI=1S/C23H30N4O3.BrH/c1-3-25(4-2)11-12-26-20-7-5-6-8-21(20)27(23(26)24)14-22(30)17-9-10-18(15-28)19(13-17)16-29;/h5-10,13,24,28-29H,3-4,11-12,14-16H2,1-2H3;1H. The third-order valence-corrected chi connectivity index (χ3v) is 5.72. The van der Waals surface area contributed by atoms with Crippen LogP contribution < -0.4 is 27.3 Å². The Balaban J connectivity index is 0.00000341. The number of imidazole rings is 1. The number of Topliss-reactive ketones (excluding diaryl/α,β-unsaturated/α-hetero) is 1. The highest BCUT2D eigenvalue weighted by Gasteiger charge is 2.23. The number of para-hydroxylation sites is 2. The molecule has 0 aliphatic carbocycles. The maximum Gasteiger partial charge on any atom is 0.356 e. The molecule has 0 aliphatic heterocycles. The fourth-order valence-corrected chi connectivity index (χ4v) is 3.83. The van der Waals surface area contributed by atoms with Gasteiger partial charge in [-0.1, -0.05) is 38.1 Å². The van der Waals surface area contributed by atoms with Crippen LogP contribution in [0.2, 0.25) is 0 Å². The first-order valence-electron chi connectivity index (χ1n) is 10.4. The predicted octanol–water partition coefficient (Wildman–Crippen LogP) is -1.28. The molecule has 0 spiro atoms. The highest BCUT2D eigenvalue weighted by Crippen LogP contribution is 2.18. The van der Waals surface area contributed by atoms with E-state index in [0.29, 0.717) is 22.6 Å². The minimum absolute atomic E-state index is 0. The zero-order valence-electron chi connectivity index (χ0n) is 18.1. The van der Waals surface area contributed by atoms with Crippen molar-refractivity contribution >= 4 is 22.8 Å². The number of aromatic nitrogens is 2. The molecule has 168 valence electrons. The number of aliphatic hydroxyl groups is 2. The summed E-state index contributed by atoms with van der Waals surface area (Å²) < 4.78 is 3.91. The number of nitrogens with zero attached hydrogens (tertiary/aromatic N) is 3. The number of anilines is 1. The van der Waals surface area contributed by atoms with Crippen LogP contribution in [0, 0.1) is 0 Å². The van der Waals surface area contributed by atoms with Crippen molar-refractivity contribution < 1.29 is 36.6 Å². The molecular weight excluding hydrogens is 460 g/mol.